The Labute approximate surface area is 226 Å². The van der Waals surface area contributed by atoms with E-state index in [0.717, 1.165) is 22.5 Å². The van der Waals surface area contributed by atoms with Crippen molar-refractivity contribution in [2.24, 2.45) is 0 Å². The van der Waals surface area contributed by atoms with Gasteiger partial charge in [0, 0.05) is 23.5 Å². The van der Waals surface area contributed by atoms with Gasteiger partial charge in [-0.1, -0.05) is 85.0 Å². The van der Waals surface area contributed by atoms with Crippen molar-refractivity contribution in [1.82, 2.24) is 9.97 Å². The number of hydrogen-bond acceptors (Lipinski definition) is 2. The number of benzene rings is 3. The highest BCUT2D eigenvalue weighted by Crippen LogP contribution is 2.30. The van der Waals surface area contributed by atoms with Gasteiger partial charge in [0.15, 0.2) is 0 Å². The van der Waals surface area contributed by atoms with Crippen LogP contribution in [-0.4, -0.2) is 9.97 Å². The van der Waals surface area contributed by atoms with Crippen molar-refractivity contribution in [1.29, 1.82) is 0 Å². The number of pyridine rings is 2. The molecule has 5 rings (SSSR count). The standard InChI is InChI=1S/C36H32N2/c1-25-26(2)34(22-16-30-13-19-32(20-14-30)36-10-6-8-24-38-36)28(4)27(3)33(25)21-15-29-11-17-31(18-12-29)35-9-5-7-23-37-35/h5-24H,1-4H3/b21-15-,22-16-. The predicted molar refractivity (Wildman–Crippen MR) is 163 cm³/mol. The lowest BCUT2D eigenvalue weighted by Gasteiger charge is -2.17. The molecule has 38 heavy (non-hydrogen) atoms. The van der Waals surface area contributed by atoms with E-state index in [9.17, 15) is 0 Å². The summed E-state index contributed by atoms with van der Waals surface area (Å²) in [5.41, 5.74) is 14.5. The molecule has 0 N–H and O–H groups in total. The van der Waals surface area contributed by atoms with Crippen LogP contribution in [0.3, 0.4) is 0 Å². The molecule has 3 aromatic carbocycles. The molecule has 2 heteroatoms. The van der Waals surface area contributed by atoms with Gasteiger partial charge in [0.05, 0.1) is 11.4 Å². The fourth-order valence-electron chi connectivity index (χ4n) is 4.83. The van der Waals surface area contributed by atoms with Crippen LogP contribution in [0.25, 0.3) is 46.8 Å². The zero-order chi connectivity index (χ0) is 26.5. The third kappa shape index (κ3) is 5.40. The van der Waals surface area contributed by atoms with Gasteiger partial charge in [-0.15, -0.1) is 0 Å². The van der Waals surface area contributed by atoms with Gasteiger partial charge in [0.25, 0.3) is 0 Å². The maximum atomic E-state index is 4.45. The Hall–Kier alpha value is -4.56. The van der Waals surface area contributed by atoms with Gasteiger partial charge in [-0.3, -0.25) is 9.97 Å². The summed E-state index contributed by atoms with van der Waals surface area (Å²) in [5.74, 6) is 0. The molecule has 0 atom stereocenters. The summed E-state index contributed by atoms with van der Waals surface area (Å²) >= 11 is 0. The molecule has 2 nitrogen and oxygen atoms in total. The summed E-state index contributed by atoms with van der Waals surface area (Å²) in [4.78, 5) is 8.90. The second-order valence-electron chi connectivity index (χ2n) is 9.67. The van der Waals surface area contributed by atoms with Crippen molar-refractivity contribution < 1.29 is 0 Å². The first-order chi connectivity index (χ1) is 18.5. The first-order valence-electron chi connectivity index (χ1n) is 13.0. The monoisotopic (exact) mass is 492 g/mol. The van der Waals surface area contributed by atoms with Gasteiger partial charge in [0.1, 0.15) is 0 Å². The van der Waals surface area contributed by atoms with Gasteiger partial charge >= 0.3 is 0 Å². The highest BCUT2D eigenvalue weighted by atomic mass is 14.7. The quantitative estimate of drug-likeness (QED) is 0.221. The molecule has 0 amide bonds. The molecule has 0 bridgehead atoms. The van der Waals surface area contributed by atoms with Gasteiger partial charge in [-0.2, -0.15) is 0 Å². The summed E-state index contributed by atoms with van der Waals surface area (Å²) in [6, 6.07) is 29.1. The first-order valence-corrected chi connectivity index (χ1v) is 13.0. The molecule has 0 spiro atoms. The van der Waals surface area contributed by atoms with Crippen LogP contribution in [0.5, 0.6) is 0 Å². The van der Waals surface area contributed by atoms with Gasteiger partial charge in [0.2, 0.25) is 0 Å². The Kier molecular flexibility index (Phi) is 7.42. The summed E-state index contributed by atoms with van der Waals surface area (Å²) < 4.78 is 0. The Balaban J connectivity index is 1.37. The molecule has 0 aliphatic carbocycles. The molecule has 0 unspecified atom stereocenters. The summed E-state index contributed by atoms with van der Waals surface area (Å²) in [6.07, 6.45) is 12.6. The first kappa shape index (κ1) is 25.1. The zero-order valence-corrected chi connectivity index (χ0v) is 22.4. The SMILES string of the molecule is Cc1c(C)c(/C=C\c2ccc(-c3ccccn3)cc2)c(C)c(C)c1/C=C\c1ccc(-c2ccccn2)cc1. The molecule has 0 aliphatic rings. The van der Waals surface area contributed by atoms with Crippen LogP contribution in [-0.2, 0) is 0 Å². The smallest absolute Gasteiger partial charge is 0.0701 e. The lowest BCUT2D eigenvalue weighted by atomic mass is 9.88. The minimum absolute atomic E-state index is 0.994. The predicted octanol–water partition coefficient (Wildman–Crippen LogP) is 9.39. The minimum atomic E-state index is 0.994. The van der Waals surface area contributed by atoms with E-state index in [-0.39, 0.29) is 0 Å². The van der Waals surface area contributed by atoms with Crippen LogP contribution >= 0.6 is 0 Å². The van der Waals surface area contributed by atoms with E-state index in [1.807, 2.05) is 48.8 Å². The summed E-state index contributed by atoms with van der Waals surface area (Å²) in [6.45, 7) is 8.91. The Morgan fingerprint density at radius 3 is 1.11 bits per heavy atom. The fourth-order valence-corrected chi connectivity index (χ4v) is 4.83. The molecule has 186 valence electrons. The van der Waals surface area contributed by atoms with Crippen molar-refractivity contribution in [2.45, 2.75) is 27.7 Å². The molecule has 0 saturated heterocycles. The maximum absolute atomic E-state index is 4.45. The van der Waals surface area contributed by atoms with E-state index >= 15 is 0 Å². The lowest BCUT2D eigenvalue weighted by molar-refractivity contribution is 1.21. The number of aromatic nitrogens is 2. The highest BCUT2D eigenvalue weighted by Gasteiger charge is 2.11. The third-order valence-corrected chi connectivity index (χ3v) is 7.37. The van der Waals surface area contributed by atoms with Gasteiger partial charge in [-0.25, -0.2) is 0 Å². The van der Waals surface area contributed by atoms with Crippen LogP contribution in [0.15, 0.2) is 97.3 Å². The molecule has 0 radical (unpaired) electrons. The third-order valence-electron chi connectivity index (χ3n) is 7.37. The minimum Gasteiger partial charge on any atom is -0.256 e. The largest absolute Gasteiger partial charge is 0.256 e. The Bertz CT molecular complexity index is 1440. The van der Waals surface area contributed by atoms with Crippen LogP contribution < -0.4 is 0 Å². The lowest BCUT2D eigenvalue weighted by Crippen LogP contribution is -1.99. The van der Waals surface area contributed by atoms with Gasteiger partial charge in [-0.05, 0) is 96.5 Å². The van der Waals surface area contributed by atoms with E-state index in [1.54, 1.807) is 0 Å². The Morgan fingerprint density at radius 2 is 0.789 bits per heavy atom. The molecular formula is C36H32N2. The van der Waals surface area contributed by atoms with E-state index in [2.05, 4.69) is 110 Å². The normalized spacial score (nSPS) is 11.5. The Morgan fingerprint density at radius 1 is 0.421 bits per heavy atom. The second-order valence-corrected chi connectivity index (χ2v) is 9.67. The fraction of sp³-hybridized carbons (Fsp3) is 0.111. The average Bonchev–Trinajstić information content (AvgIpc) is 2.98. The van der Waals surface area contributed by atoms with Crippen LogP contribution in [0.2, 0.25) is 0 Å². The van der Waals surface area contributed by atoms with Crippen molar-refractivity contribution in [3.8, 4) is 22.5 Å². The van der Waals surface area contributed by atoms with Crippen LogP contribution in [0.1, 0.15) is 44.5 Å². The van der Waals surface area contributed by atoms with Crippen molar-refractivity contribution in [2.75, 3.05) is 0 Å². The molecule has 5 aromatic rings. The van der Waals surface area contributed by atoms with E-state index in [0.29, 0.717) is 0 Å². The van der Waals surface area contributed by atoms with E-state index in [1.165, 1.54) is 44.5 Å². The summed E-state index contributed by atoms with van der Waals surface area (Å²) in [7, 11) is 0. The second kappa shape index (κ2) is 11.2. The molecule has 0 fully saturated rings. The molecule has 2 aromatic heterocycles. The average molecular weight is 493 g/mol. The van der Waals surface area contributed by atoms with Crippen molar-refractivity contribution >= 4 is 24.3 Å². The number of rotatable bonds is 6. The molecule has 0 aliphatic heterocycles. The topological polar surface area (TPSA) is 25.8 Å². The summed E-state index contributed by atoms with van der Waals surface area (Å²) in [5, 5.41) is 0. The van der Waals surface area contributed by atoms with E-state index < -0.39 is 0 Å². The zero-order valence-electron chi connectivity index (χ0n) is 22.4. The van der Waals surface area contributed by atoms with Crippen LogP contribution in [0.4, 0.5) is 0 Å². The van der Waals surface area contributed by atoms with Crippen molar-refractivity contribution in [3.05, 3.63) is 142 Å². The molecule has 2 heterocycles. The molecule has 0 saturated carbocycles. The van der Waals surface area contributed by atoms with Gasteiger partial charge < -0.3 is 0 Å². The maximum Gasteiger partial charge on any atom is 0.0701 e. The number of nitrogens with zero attached hydrogens (tertiary/aromatic N) is 2. The van der Waals surface area contributed by atoms with Crippen LogP contribution in [0, 0.1) is 27.7 Å². The van der Waals surface area contributed by atoms with E-state index in [4.69, 9.17) is 0 Å². The number of hydrogen-bond donors (Lipinski definition) is 0. The van der Waals surface area contributed by atoms with Crippen molar-refractivity contribution in [3.63, 3.8) is 0 Å². The highest BCUT2D eigenvalue weighted by molar-refractivity contribution is 5.80. The molecular weight excluding hydrogens is 460 g/mol.